The van der Waals surface area contributed by atoms with E-state index in [1.165, 1.54) is 12.5 Å². The Bertz CT molecular complexity index is 2800. The van der Waals surface area contributed by atoms with Crippen molar-refractivity contribution >= 4 is 71.7 Å². The molecule has 4 aromatic heterocycles. The molecule has 0 spiro atoms. The summed E-state index contributed by atoms with van der Waals surface area (Å²) in [4.78, 5) is 102. The number of H-pyrrole nitrogens is 2. The van der Waals surface area contributed by atoms with Crippen LogP contribution in [0.3, 0.4) is 0 Å². The molecule has 4 heterocycles. The van der Waals surface area contributed by atoms with E-state index < -0.39 is 19.2 Å². The van der Waals surface area contributed by atoms with Crippen LogP contribution in [0.4, 0.5) is 17.6 Å². The second-order valence-electron chi connectivity index (χ2n) is 21.2. The Balaban J connectivity index is 0.973. The number of aromatic nitrogens is 8. The van der Waals surface area contributed by atoms with Crippen LogP contribution in [0.2, 0.25) is 25.7 Å². The van der Waals surface area contributed by atoms with Crippen LogP contribution >= 0.6 is 0 Å². The highest BCUT2D eigenvalue weighted by Gasteiger charge is 2.28. The summed E-state index contributed by atoms with van der Waals surface area (Å²) in [6.07, 6.45) is 19.4. The largest absolute Gasteiger partial charge is 0.463 e. The fraction of sp³-hybridized carbons (Fsp3) is 0.566. The smallest absolute Gasteiger partial charge is 0.306 e. The van der Waals surface area contributed by atoms with Gasteiger partial charge in [0.25, 0.3) is 17.0 Å². The zero-order valence-corrected chi connectivity index (χ0v) is 45.9. The summed E-state index contributed by atoms with van der Waals surface area (Å²) < 4.78 is 18.5. The maximum absolute atomic E-state index is 13.5. The number of nitrogens with one attached hydrogen (secondary N) is 5. The Morgan fingerprint density at radius 1 is 0.827 bits per heavy atom. The van der Waals surface area contributed by atoms with Crippen LogP contribution in [0, 0.1) is 5.41 Å². The molecule has 408 valence electrons. The molecule has 1 aromatic carbocycles. The number of imidazole rings is 1. The maximum atomic E-state index is 13.5. The van der Waals surface area contributed by atoms with Gasteiger partial charge >= 0.3 is 11.9 Å². The minimum absolute atomic E-state index is 0.0103. The van der Waals surface area contributed by atoms with E-state index in [0.29, 0.717) is 42.2 Å². The molecule has 0 bridgehead atoms. The van der Waals surface area contributed by atoms with Crippen molar-refractivity contribution in [3.8, 4) is 0 Å². The predicted molar refractivity (Wildman–Crippen MR) is 293 cm³/mol. The zero-order chi connectivity index (χ0) is 54.4. The molecule has 0 fully saturated rings. The molecule has 5 aromatic rings. The minimum atomic E-state index is -1.66. The number of aromatic amines is 2. The summed E-state index contributed by atoms with van der Waals surface area (Å²) in [5.74, 6) is -0.968. The number of rotatable bonds is 32. The number of hydrogen-bond acceptors (Lipinski definition) is 16. The molecule has 0 saturated carbocycles. The van der Waals surface area contributed by atoms with Crippen LogP contribution in [0.1, 0.15) is 140 Å². The summed E-state index contributed by atoms with van der Waals surface area (Å²) in [5.41, 5.74) is 6.72. The number of fused-ring (bicyclic) bond motifs is 2. The zero-order valence-electron chi connectivity index (χ0n) is 44.9. The number of hydrogen-bond donors (Lipinski definition) is 6. The van der Waals surface area contributed by atoms with Crippen LogP contribution in [-0.4, -0.2) is 96.6 Å². The number of nitrogen functional groups attached to an aromatic ring is 1. The lowest BCUT2D eigenvalue weighted by atomic mass is 9.84. The first-order valence-corrected chi connectivity index (χ1v) is 30.0. The van der Waals surface area contributed by atoms with E-state index in [2.05, 4.69) is 89.6 Å². The van der Waals surface area contributed by atoms with Crippen molar-refractivity contribution in [3.63, 3.8) is 0 Å². The molecule has 7 N–H and O–H groups in total. The minimum Gasteiger partial charge on any atom is -0.463 e. The molecule has 0 aliphatic heterocycles. The number of benzene rings is 1. The number of allylic oxidation sites excluding steroid dienone is 1. The number of carbonyl (C=O) groups is 4. The fourth-order valence-corrected chi connectivity index (χ4v) is 9.18. The van der Waals surface area contributed by atoms with Crippen LogP contribution in [0.5, 0.6) is 0 Å². The van der Waals surface area contributed by atoms with Gasteiger partial charge < -0.3 is 30.6 Å². The van der Waals surface area contributed by atoms with E-state index in [9.17, 15) is 28.8 Å². The average molecular weight is 1060 g/mol. The van der Waals surface area contributed by atoms with Crippen LogP contribution in [0.25, 0.3) is 22.3 Å². The Hall–Kier alpha value is -6.81. The van der Waals surface area contributed by atoms with Gasteiger partial charge in [0.1, 0.15) is 19.4 Å². The van der Waals surface area contributed by atoms with E-state index in [1.54, 1.807) is 28.8 Å². The molecule has 2 atom stereocenters. The van der Waals surface area contributed by atoms with Gasteiger partial charge in [-0.15, -0.1) is 0 Å². The third-order valence-corrected chi connectivity index (χ3v) is 13.6. The third-order valence-electron chi connectivity index (χ3n) is 12.2. The Labute approximate surface area is 439 Å². The molecule has 5 rings (SSSR count). The van der Waals surface area contributed by atoms with E-state index in [1.807, 2.05) is 20.8 Å². The lowest BCUT2D eigenvalue weighted by molar-refractivity contribution is -0.149. The quantitative estimate of drug-likeness (QED) is 0.0102. The van der Waals surface area contributed by atoms with Crippen LogP contribution in [0.15, 0.2) is 58.5 Å². The van der Waals surface area contributed by atoms with E-state index in [4.69, 9.17) is 19.9 Å². The molecule has 1 unspecified atom stereocenters. The number of carbonyl (C=O) groups excluding carboxylic acids is 4. The first-order valence-electron chi connectivity index (χ1n) is 26.3. The number of ether oxygens (including phenoxy) is 3. The number of esters is 2. The van der Waals surface area contributed by atoms with Gasteiger partial charge in [-0.05, 0) is 68.2 Å². The number of nitrogens with two attached hydrogens (primary N) is 1. The van der Waals surface area contributed by atoms with Gasteiger partial charge in [-0.3, -0.25) is 48.6 Å². The molecule has 0 saturated heterocycles. The van der Waals surface area contributed by atoms with Gasteiger partial charge in [0.15, 0.2) is 22.3 Å². The Kier molecular flexibility index (Phi) is 23.1. The van der Waals surface area contributed by atoms with Crippen molar-refractivity contribution in [2.24, 2.45) is 5.41 Å². The molecule has 0 aliphatic rings. The topological polar surface area (TPSA) is 293 Å². The van der Waals surface area contributed by atoms with Crippen molar-refractivity contribution in [1.82, 2.24) is 44.8 Å². The molecule has 2 amide bonds. The van der Waals surface area contributed by atoms with E-state index >= 15 is 0 Å². The summed E-state index contributed by atoms with van der Waals surface area (Å²) in [6, 6.07) is 7.11. The molecule has 21 nitrogen and oxygen atoms in total. The van der Waals surface area contributed by atoms with Gasteiger partial charge in [0.05, 0.1) is 39.4 Å². The summed E-state index contributed by atoms with van der Waals surface area (Å²) in [6.45, 7) is 15.2. The maximum Gasteiger partial charge on any atom is 0.306 e. The highest BCUT2D eigenvalue weighted by Crippen LogP contribution is 2.25. The summed E-state index contributed by atoms with van der Waals surface area (Å²) in [5, 5.41) is 9.06. The fourth-order valence-electron chi connectivity index (χ4n) is 8.12. The van der Waals surface area contributed by atoms with E-state index in [-0.39, 0.29) is 103 Å². The molecule has 0 aliphatic carbocycles. The molecule has 0 radical (unpaired) electrons. The Morgan fingerprint density at radius 2 is 1.56 bits per heavy atom. The van der Waals surface area contributed by atoms with Crippen molar-refractivity contribution < 1.29 is 33.4 Å². The average Bonchev–Trinajstić information content (AvgIpc) is 3.75. The lowest BCUT2D eigenvalue weighted by Gasteiger charge is -2.31. The van der Waals surface area contributed by atoms with Gasteiger partial charge in [-0.1, -0.05) is 98.0 Å². The standard InChI is InChI=1S/C53H78N12O9Si/c1-8-9-10-17-20-39(21-18-15-13-11-12-14-16-19-22-42(67)73-30-29-72-35-65-34-57-45-47(65)62-51(54)63-50(45)71)74-43(68)28-27-40(53(2,3)4)59-48(69)36-23-25-37(26-24-36)55-31-38-32-56-46-44(58-38)49(70)64-52(61-46)60-41(66)33-75(5,6)7/h15,18,23-26,32,34,39-40,55H,8-14,16-17,19-22,27-31,33,35H2,1-7H3,(H,59,69)(H3,54,62,63,71)(H2,56,60,61,64,66,70)/t39-,40?/m1/s1. The van der Waals surface area contributed by atoms with Gasteiger partial charge in [0.2, 0.25) is 17.8 Å². The van der Waals surface area contributed by atoms with Gasteiger partial charge in [-0.2, -0.15) is 9.97 Å². The number of unbranched alkanes of at least 4 members (excludes halogenated alkanes) is 8. The van der Waals surface area contributed by atoms with Crippen molar-refractivity contribution in [2.75, 3.05) is 29.6 Å². The number of nitrogens with zero attached hydrogens (tertiary/aromatic N) is 6. The molecule has 75 heavy (non-hydrogen) atoms. The summed E-state index contributed by atoms with van der Waals surface area (Å²) >= 11 is 0. The molecular weight excluding hydrogens is 977 g/mol. The van der Waals surface area contributed by atoms with Crippen LogP contribution < -0.4 is 32.8 Å². The van der Waals surface area contributed by atoms with Crippen molar-refractivity contribution in [2.45, 2.75) is 175 Å². The number of anilines is 3. The first-order chi connectivity index (χ1) is 35.8. The highest BCUT2D eigenvalue weighted by molar-refractivity contribution is 6.79. The van der Waals surface area contributed by atoms with Gasteiger partial charge in [-0.25, -0.2) is 15.0 Å². The van der Waals surface area contributed by atoms with Crippen LogP contribution in [-0.2, 0) is 41.9 Å². The number of amides is 2. The summed E-state index contributed by atoms with van der Waals surface area (Å²) in [7, 11) is -1.66. The molecular formula is C53H78N12O9Si. The normalized spacial score (nSPS) is 12.7. The van der Waals surface area contributed by atoms with E-state index in [0.717, 1.165) is 76.3 Å². The Morgan fingerprint density at radius 3 is 2.31 bits per heavy atom. The predicted octanol–water partition coefficient (Wildman–Crippen LogP) is 8.32. The lowest BCUT2D eigenvalue weighted by Crippen LogP contribution is -2.44. The van der Waals surface area contributed by atoms with Gasteiger partial charge in [0, 0.05) is 42.6 Å². The monoisotopic (exact) mass is 1050 g/mol. The third kappa shape index (κ3) is 20.8. The van der Waals surface area contributed by atoms with Crippen molar-refractivity contribution in [1.29, 1.82) is 0 Å². The second-order valence-corrected chi connectivity index (χ2v) is 26.6. The second kappa shape index (κ2) is 29.3. The first kappa shape index (κ1) is 59.1. The SMILES string of the molecule is CCCCCC[C@H](CC=CCCCCCCCC(=O)OCCOCn1cnc2c(=O)[nH]c(N)nc21)OC(=O)CCC(NC(=O)c1ccc(NCc2cnc3nc(NC(=O)C[Si](C)(C)C)[nH]c(=O)c3n2)cc1)C(C)(C)C. The highest BCUT2D eigenvalue weighted by atomic mass is 28.3. The van der Waals surface area contributed by atoms with Crippen molar-refractivity contribution in [3.05, 3.63) is 80.9 Å². The molecule has 22 heteroatoms.